The average Bonchev–Trinajstić information content (AvgIpc) is 2.54. The Morgan fingerprint density at radius 1 is 1.21 bits per heavy atom. The lowest BCUT2D eigenvalue weighted by molar-refractivity contribution is -0.128. The molecule has 0 N–H and O–H groups in total. The molecule has 1 fully saturated rings. The van der Waals surface area contributed by atoms with Crippen LogP contribution in [0.1, 0.15) is 79.1 Å². The lowest BCUT2D eigenvalue weighted by atomic mass is 9.83. The Balaban J connectivity index is 2.66. The third-order valence-electron chi connectivity index (χ3n) is 5.03. The van der Waals surface area contributed by atoms with Gasteiger partial charge in [-0.3, -0.25) is 4.79 Å². The summed E-state index contributed by atoms with van der Waals surface area (Å²) in [5.74, 6) is -0.107. The van der Waals surface area contributed by atoms with Gasteiger partial charge in [-0.1, -0.05) is 50.8 Å². The van der Waals surface area contributed by atoms with Crippen LogP contribution in [0.2, 0.25) is 0 Å². The predicted octanol–water partition coefficient (Wildman–Crippen LogP) is 5.39. The van der Waals surface area contributed by atoms with Crippen molar-refractivity contribution in [1.82, 2.24) is 4.90 Å². The highest BCUT2D eigenvalue weighted by Crippen LogP contribution is 2.29. The summed E-state index contributed by atoms with van der Waals surface area (Å²) < 4.78 is 0. The van der Waals surface area contributed by atoms with Crippen LogP contribution in [-0.2, 0) is 4.79 Å². The molecule has 1 amide bonds. The molecule has 0 bridgehead atoms. The van der Waals surface area contributed by atoms with Gasteiger partial charge in [-0.25, -0.2) is 0 Å². The van der Waals surface area contributed by atoms with Gasteiger partial charge in [0.05, 0.1) is 0 Å². The summed E-state index contributed by atoms with van der Waals surface area (Å²) in [6, 6.07) is 2.43. The van der Waals surface area contributed by atoms with Crippen LogP contribution in [0, 0.1) is 16.7 Å². The van der Waals surface area contributed by atoms with E-state index in [-0.39, 0.29) is 11.3 Å². The Labute approximate surface area is 148 Å². The van der Waals surface area contributed by atoms with Gasteiger partial charge in [0, 0.05) is 13.1 Å². The SMILES string of the molecule is CC(C)=CCCC(C)(C)C/C=C(\C#N)C(=O)N(C)C1CCCCC1. The maximum atomic E-state index is 12.6. The van der Waals surface area contributed by atoms with Crippen LogP contribution in [0.5, 0.6) is 0 Å². The normalized spacial score (nSPS) is 16.4. The summed E-state index contributed by atoms with van der Waals surface area (Å²) in [6.07, 6.45) is 12.7. The summed E-state index contributed by atoms with van der Waals surface area (Å²) in [7, 11) is 1.85. The zero-order chi connectivity index (χ0) is 18.2. The third kappa shape index (κ3) is 6.91. The molecule has 0 atom stereocenters. The predicted molar refractivity (Wildman–Crippen MR) is 100 cm³/mol. The molecule has 0 aromatic rings. The van der Waals surface area contributed by atoms with Crippen molar-refractivity contribution >= 4 is 5.91 Å². The molecule has 1 aliphatic carbocycles. The highest BCUT2D eigenvalue weighted by atomic mass is 16.2. The molecular weight excluding hydrogens is 296 g/mol. The number of rotatable bonds is 7. The third-order valence-corrected chi connectivity index (χ3v) is 5.03. The number of carbonyl (C=O) groups is 1. The number of nitriles is 1. The fourth-order valence-electron chi connectivity index (χ4n) is 3.24. The zero-order valence-electron chi connectivity index (χ0n) is 16.2. The van der Waals surface area contributed by atoms with Gasteiger partial charge < -0.3 is 4.90 Å². The van der Waals surface area contributed by atoms with Crippen molar-refractivity contribution in [3.05, 3.63) is 23.3 Å². The molecule has 0 aliphatic heterocycles. The molecule has 0 aromatic heterocycles. The first-order chi connectivity index (χ1) is 11.3. The van der Waals surface area contributed by atoms with E-state index in [2.05, 4.69) is 39.8 Å². The van der Waals surface area contributed by atoms with Crippen molar-refractivity contribution in [3.8, 4) is 6.07 Å². The Kier molecular flexibility index (Phi) is 8.25. The van der Waals surface area contributed by atoms with E-state index in [1.807, 2.05) is 13.1 Å². The molecule has 1 saturated carbocycles. The van der Waals surface area contributed by atoms with E-state index < -0.39 is 0 Å². The monoisotopic (exact) mass is 330 g/mol. The maximum absolute atomic E-state index is 12.6. The highest BCUT2D eigenvalue weighted by molar-refractivity contribution is 5.97. The molecule has 0 saturated heterocycles. The molecule has 1 aliphatic rings. The highest BCUT2D eigenvalue weighted by Gasteiger charge is 2.25. The van der Waals surface area contributed by atoms with Gasteiger partial charge in [0.2, 0.25) is 0 Å². The first-order valence-corrected chi connectivity index (χ1v) is 9.27. The Morgan fingerprint density at radius 3 is 2.38 bits per heavy atom. The molecule has 0 radical (unpaired) electrons. The van der Waals surface area contributed by atoms with Gasteiger partial charge in [0.15, 0.2) is 0 Å². The Bertz CT molecular complexity index is 512. The molecule has 24 heavy (non-hydrogen) atoms. The van der Waals surface area contributed by atoms with Crippen molar-refractivity contribution in [2.24, 2.45) is 5.41 Å². The van der Waals surface area contributed by atoms with Crippen LogP contribution in [0.4, 0.5) is 0 Å². The standard InChI is InChI=1S/C21H34N2O/c1-17(2)10-9-14-21(3,4)15-13-18(16-22)20(24)23(5)19-11-7-6-8-12-19/h10,13,19H,6-9,11-12,14-15H2,1-5H3/b18-13+. The summed E-state index contributed by atoms with van der Waals surface area (Å²) in [5, 5.41) is 9.41. The van der Waals surface area contributed by atoms with E-state index in [1.54, 1.807) is 4.90 Å². The number of hydrogen-bond acceptors (Lipinski definition) is 2. The van der Waals surface area contributed by atoms with Crippen LogP contribution in [0.3, 0.4) is 0 Å². The van der Waals surface area contributed by atoms with Crippen molar-refractivity contribution in [2.75, 3.05) is 7.05 Å². The maximum Gasteiger partial charge on any atom is 0.264 e. The van der Waals surface area contributed by atoms with Crippen molar-refractivity contribution in [3.63, 3.8) is 0 Å². The van der Waals surface area contributed by atoms with E-state index in [0.29, 0.717) is 11.6 Å². The molecule has 3 heteroatoms. The van der Waals surface area contributed by atoms with Gasteiger partial charge in [0.25, 0.3) is 5.91 Å². The molecule has 134 valence electrons. The minimum Gasteiger partial charge on any atom is -0.338 e. The molecule has 0 heterocycles. The zero-order valence-corrected chi connectivity index (χ0v) is 16.2. The quantitative estimate of drug-likeness (QED) is 0.357. The fourth-order valence-corrected chi connectivity index (χ4v) is 3.24. The first kappa shape index (κ1) is 20.5. The number of likely N-dealkylation sites (N-methyl/N-ethyl adjacent to an activating group) is 1. The number of allylic oxidation sites excluding steroid dienone is 3. The topological polar surface area (TPSA) is 44.1 Å². The summed E-state index contributed by atoms with van der Waals surface area (Å²) in [5.41, 5.74) is 1.74. The second kappa shape index (κ2) is 9.67. The Morgan fingerprint density at radius 2 is 1.83 bits per heavy atom. The summed E-state index contributed by atoms with van der Waals surface area (Å²) >= 11 is 0. The second-order valence-electron chi connectivity index (χ2n) is 8.13. The van der Waals surface area contributed by atoms with Crippen molar-refractivity contribution in [2.45, 2.75) is 85.1 Å². The number of carbonyl (C=O) groups excluding carboxylic acids is 1. The van der Waals surface area contributed by atoms with E-state index >= 15 is 0 Å². The lowest BCUT2D eigenvalue weighted by Crippen LogP contribution is -2.39. The van der Waals surface area contributed by atoms with E-state index in [0.717, 1.165) is 32.1 Å². The number of hydrogen-bond donors (Lipinski definition) is 0. The molecule has 0 aromatic carbocycles. The van der Waals surface area contributed by atoms with Gasteiger partial charge in [-0.15, -0.1) is 0 Å². The Hall–Kier alpha value is -1.56. The molecule has 3 nitrogen and oxygen atoms in total. The van der Waals surface area contributed by atoms with Gasteiger partial charge in [0.1, 0.15) is 11.6 Å². The number of nitrogens with zero attached hydrogens (tertiary/aromatic N) is 2. The van der Waals surface area contributed by atoms with Crippen molar-refractivity contribution in [1.29, 1.82) is 5.26 Å². The first-order valence-electron chi connectivity index (χ1n) is 9.27. The molecular formula is C21H34N2O. The van der Waals surface area contributed by atoms with Crippen LogP contribution in [-0.4, -0.2) is 23.9 Å². The van der Waals surface area contributed by atoms with Crippen LogP contribution >= 0.6 is 0 Å². The van der Waals surface area contributed by atoms with Gasteiger partial charge in [-0.2, -0.15) is 5.26 Å². The smallest absolute Gasteiger partial charge is 0.264 e. The van der Waals surface area contributed by atoms with E-state index in [9.17, 15) is 10.1 Å². The molecule has 0 unspecified atom stereocenters. The van der Waals surface area contributed by atoms with Gasteiger partial charge >= 0.3 is 0 Å². The number of amides is 1. The lowest BCUT2D eigenvalue weighted by Gasteiger charge is -2.31. The van der Waals surface area contributed by atoms with Crippen LogP contribution in [0.25, 0.3) is 0 Å². The fraction of sp³-hybridized carbons (Fsp3) is 0.714. The summed E-state index contributed by atoms with van der Waals surface area (Å²) in [6.45, 7) is 8.63. The van der Waals surface area contributed by atoms with Gasteiger partial charge in [-0.05, 0) is 51.4 Å². The summed E-state index contributed by atoms with van der Waals surface area (Å²) in [4.78, 5) is 14.4. The van der Waals surface area contributed by atoms with E-state index in [4.69, 9.17) is 0 Å². The van der Waals surface area contributed by atoms with Crippen LogP contribution < -0.4 is 0 Å². The molecule has 1 rings (SSSR count). The average molecular weight is 331 g/mol. The van der Waals surface area contributed by atoms with E-state index in [1.165, 1.54) is 24.8 Å². The van der Waals surface area contributed by atoms with Crippen LogP contribution in [0.15, 0.2) is 23.3 Å². The molecule has 0 spiro atoms. The second-order valence-corrected chi connectivity index (χ2v) is 8.13. The largest absolute Gasteiger partial charge is 0.338 e. The minimum atomic E-state index is -0.107. The van der Waals surface area contributed by atoms with Crippen molar-refractivity contribution < 1.29 is 4.79 Å². The minimum absolute atomic E-state index is 0.0950.